The zero-order valence-electron chi connectivity index (χ0n) is 11.4. The Hall–Kier alpha value is -1.38. The summed E-state index contributed by atoms with van der Waals surface area (Å²) in [4.78, 5) is 8.46. The van der Waals surface area contributed by atoms with E-state index in [9.17, 15) is 5.11 Å². The SMILES string of the molecule is CSc1nc(N)c2ncc([C@@H]3OC(CO)C[C@@H]3C)n2n1. The third kappa shape index (κ3) is 2.13. The summed E-state index contributed by atoms with van der Waals surface area (Å²) in [5.74, 6) is 0.654. The van der Waals surface area contributed by atoms with Crippen molar-refractivity contribution in [3.63, 3.8) is 0 Å². The molecule has 1 aliphatic rings. The van der Waals surface area contributed by atoms with E-state index in [1.807, 2.05) is 6.26 Å². The van der Waals surface area contributed by atoms with Crippen LogP contribution in [0.15, 0.2) is 11.4 Å². The van der Waals surface area contributed by atoms with Crippen molar-refractivity contribution in [3.05, 3.63) is 11.9 Å². The van der Waals surface area contributed by atoms with Crippen molar-refractivity contribution >= 4 is 23.2 Å². The van der Waals surface area contributed by atoms with Crippen LogP contribution >= 0.6 is 11.8 Å². The molecule has 3 heterocycles. The van der Waals surface area contributed by atoms with Gasteiger partial charge in [0.2, 0.25) is 5.16 Å². The fourth-order valence-electron chi connectivity index (χ4n) is 2.59. The largest absolute Gasteiger partial charge is 0.394 e. The Morgan fingerprint density at radius 1 is 1.60 bits per heavy atom. The van der Waals surface area contributed by atoms with Crippen LogP contribution in [-0.2, 0) is 4.74 Å². The van der Waals surface area contributed by atoms with Crippen molar-refractivity contribution in [2.45, 2.75) is 30.7 Å². The summed E-state index contributed by atoms with van der Waals surface area (Å²) in [5.41, 5.74) is 7.30. The number of hydrogen-bond donors (Lipinski definition) is 2. The van der Waals surface area contributed by atoms with E-state index in [0.717, 1.165) is 12.1 Å². The molecule has 0 amide bonds. The quantitative estimate of drug-likeness (QED) is 0.811. The molecule has 3 N–H and O–H groups in total. The molecule has 20 heavy (non-hydrogen) atoms. The Bertz CT molecular complexity index is 632. The van der Waals surface area contributed by atoms with Crippen LogP contribution in [0.25, 0.3) is 5.65 Å². The molecule has 3 rings (SSSR count). The molecule has 0 spiro atoms. The Labute approximate surface area is 120 Å². The third-order valence-corrected chi connectivity index (χ3v) is 4.10. The van der Waals surface area contributed by atoms with Crippen LogP contribution < -0.4 is 5.73 Å². The van der Waals surface area contributed by atoms with Crippen molar-refractivity contribution in [2.75, 3.05) is 18.6 Å². The second-order valence-corrected chi connectivity index (χ2v) is 5.75. The van der Waals surface area contributed by atoms with Crippen LogP contribution in [0, 0.1) is 5.92 Å². The van der Waals surface area contributed by atoms with E-state index in [-0.39, 0.29) is 18.8 Å². The van der Waals surface area contributed by atoms with E-state index < -0.39 is 0 Å². The van der Waals surface area contributed by atoms with Crippen molar-refractivity contribution < 1.29 is 9.84 Å². The molecule has 1 saturated heterocycles. The van der Waals surface area contributed by atoms with Crippen molar-refractivity contribution in [1.82, 2.24) is 19.6 Å². The van der Waals surface area contributed by atoms with Gasteiger partial charge in [0, 0.05) is 0 Å². The standard InChI is InChI=1S/C12H17N5O2S/c1-6-3-7(5-18)19-9(6)8-4-14-11-10(13)15-12(20-2)16-17(8)11/h4,6-7,9,18H,3,5H2,1-2H3,(H2,13,15,16)/t6-,7?,9+/m0/s1. The zero-order chi connectivity index (χ0) is 14.3. The molecule has 7 nitrogen and oxygen atoms in total. The lowest BCUT2D eigenvalue weighted by Crippen LogP contribution is -2.13. The minimum Gasteiger partial charge on any atom is -0.394 e. The predicted molar refractivity (Wildman–Crippen MR) is 75.5 cm³/mol. The molecule has 3 atom stereocenters. The number of fused-ring (bicyclic) bond motifs is 1. The zero-order valence-corrected chi connectivity index (χ0v) is 12.2. The number of ether oxygens (including phenoxy) is 1. The van der Waals surface area contributed by atoms with E-state index >= 15 is 0 Å². The summed E-state index contributed by atoms with van der Waals surface area (Å²) >= 11 is 1.43. The Balaban J connectivity index is 2.06. The molecule has 108 valence electrons. The molecule has 0 bridgehead atoms. The van der Waals surface area contributed by atoms with Crippen LogP contribution in [0.4, 0.5) is 5.82 Å². The van der Waals surface area contributed by atoms with Gasteiger partial charge in [-0.25, -0.2) is 14.5 Å². The number of hydrogen-bond acceptors (Lipinski definition) is 7. The molecule has 2 aromatic rings. The fourth-order valence-corrected chi connectivity index (χ4v) is 2.95. The van der Waals surface area contributed by atoms with E-state index in [2.05, 4.69) is 22.0 Å². The topological polar surface area (TPSA) is 98.6 Å². The number of thioether (sulfide) groups is 1. The molecular formula is C12H17N5O2S. The van der Waals surface area contributed by atoms with E-state index in [0.29, 0.717) is 22.5 Å². The minimum atomic E-state index is -0.133. The number of aliphatic hydroxyl groups excluding tert-OH is 1. The van der Waals surface area contributed by atoms with Gasteiger partial charge in [-0.05, 0) is 18.6 Å². The summed E-state index contributed by atoms with van der Waals surface area (Å²) in [6.45, 7) is 2.13. The van der Waals surface area contributed by atoms with Gasteiger partial charge < -0.3 is 15.6 Å². The van der Waals surface area contributed by atoms with Gasteiger partial charge in [0.05, 0.1) is 24.6 Å². The van der Waals surface area contributed by atoms with Gasteiger partial charge in [-0.2, -0.15) is 0 Å². The van der Waals surface area contributed by atoms with Gasteiger partial charge in [-0.1, -0.05) is 18.7 Å². The highest BCUT2D eigenvalue weighted by Crippen LogP contribution is 2.38. The molecule has 1 unspecified atom stereocenters. The van der Waals surface area contributed by atoms with Gasteiger partial charge in [0.25, 0.3) is 0 Å². The van der Waals surface area contributed by atoms with Gasteiger partial charge in [0.15, 0.2) is 11.5 Å². The van der Waals surface area contributed by atoms with Crippen LogP contribution in [0.3, 0.4) is 0 Å². The lowest BCUT2D eigenvalue weighted by molar-refractivity contribution is 0.00246. The number of nitrogens with zero attached hydrogens (tertiary/aromatic N) is 4. The first kappa shape index (κ1) is 13.6. The molecule has 1 aliphatic heterocycles. The monoisotopic (exact) mass is 295 g/mol. The first-order chi connectivity index (χ1) is 9.63. The first-order valence-corrected chi connectivity index (χ1v) is 7.68. The smallest absolute Gasteiger partial charge is 0.209 e. The summed E-state index contributed by atoms with van der Waals surface area (Å²) in [6.07, 6.45) is 4.19. The molecular weight excluding hydrogens is 278 g/mol. The highest BCUT2D eigenvalue weighted by molar-refractivity contribution is 7.98. The number of aliphatic hydroxyl groups is 1. The Morgan fingerprint density at radius 2 is 2.40 bits per heavy atom. The number of rotatable bonds is 3. The van der Waals surface area contributed by atoms with Crippen molar-refractivity contribution in [1.29, 1.82) is 0 Å². The predicted octanol–water partition coefficient (Wildman–Crippen LogP) is 0.887. The van der Waals surface area contributed by atoms with Gasteiger partial charge >= 0.3 is 0 Å². The number of anilines is 1. The average molecular weight is 295 g/mol. The van der Waals surface area contributed by atoms with Crippen LogP contribution in [0.5, 0.6) is 0 Å². The Kier molecular flexibility index (Phi) is 3.53. The maximum Gasteiger partial charge on any atom is 0.209 e. The molecule has 0 aromatic carbocycles. The maximum absolute atomic E-state index is 9.24. The maximum atomic E-state index is 9.24. The number of imidazole rings is 1. The van der Waals surface area contributed by atoms with Crippen LogP contribution in [0.1, 0.15) is 25.1 Å². The summed E-state index contributed by atoms with van der Waals surface area (Å²) in [6, 6.07) is 0. The first-order valence-electron chi connectivity index (χ1n) is 6.45. The lowest BCUT2D eigenvalue weighted by Gasteiger charge is -2.14. The van der Waals surface area contributed by atoms with E-state index in [4.69, 9.17) is 10.5 Å². The highest BCUT2D eigenvalue weighted by atomic mass is 32.2. The second kappa shape index (κ2) is 5.19. The lowest BCUT2D eigenvalue weighted by atomic mass is 10.00. The Morgan fingerprint density at radius 3 is 3.05 bits per heavy atom. The third-order valence-electron chi connectivity index (χ3n) is 3.56. The number of nitrogen functional groups attached to an aromatic ring is 1. The number of nitrogens with two attached hydrogens (primary N) is 1. The summed E-state index contributed by atoms with van der Waals surface area (Å²) < 4.78 is 7.57. The summed E-state index contributed by atoms with van der Waals surface area (Å²) in [5, 5.41) is 14.3. The molecule has 0 radical (unpaired) electrons. The molecule has 0 aliphatic carbocycles. The van der Waals surface area contributed by atoms with Gasteiger partial charge in [-0.3, -0.25) is 0 Å². The molecule has 1 fully saturated rings. The molecule has 2 aromatic heterocycles. The average Bonchev–Trinajstić information content (AvgIpc) is 3.01. The van der Waals surface area contributed by atoms with Crippen molar-refractivity contribution in [2.24, 2.45) is 5.92 Å². The van der Waals surface area contributed by atoms with Gasteiger partial charge in [-0.15, -0.1) is 5.10 Å². The van der Waals surface area contributed by atoms with Crippen LogP contribution in [0.2, 0.25) is 0 Å². The fraction of sp³-hybridized carbons (Fsp3) is 0.583. The van der Waals surface area contributed by atoms with Gasteiger partial charge in [0.1, 0.15) is 6.10 Å². The van der Waals surface area contributed by atoms with Crippen molar-refractivity contribution in [3.8, 4) is 0 Å². The van der Waals surface area contributed by atoms with E-state index in [1.54, 1.807) is 10.7 Å². The second-order valence-electron chi connectivity index (χ2n) is 4.98. The number of aromatic nitrogens is 4. The summed E-state index contributed by atoms with van der Waals surface area (Å²) in [7, 11) is 0. The van der Waals surface area contributed by atoms with E-state index in [1.165, 1.54) is 11.8 Å². The molecule has 0 saturated carbocycles. The van der Waals surface area contributed by atoms with Crippen LogP contribution in [-0.4, -0.2) is 43.7 Å². The minimum absolute atomic E-state index is 0.0325. The highest BCUT2D eigenvalue weighted by Gasteiger charge is 2.35. The molecule has 8 heteroatoms. The normalized spacial score (nSPS) is 26.4.